The number of rotatable bonds is 2. The lowest BCUT2D eigenvalue weighted by Gasteiger charge is -2.19. The molecule has 1 heterocycles. The van der Waals surface area contributed by atoms with Gasteiger partial charge in [0.05, 0.1) is 23.1 Å². The molecule has 0 saturated carbocycles. The zero-order chi connectivity index (χ0) is 14.0. The number of carbonyl (C=O) groups is 1. The summed E-state index contributed by atoms with van der Waals surface area (Å²) in [6.07, 6.45) is 2.89. The summed E-state index contributed by atoms with van der Waals surface area (Å²) in [5, 5.41) is 9.61. The molecule has 0 unspecified atom stereocenters. The number of aromatic nitrogens is 1. The molecule has 0 saturated heterocycles. The number of nitrogens with two attached hydrogens (primary N) is 1. The second-order valence-electron chi connectivity index (χ2n) is 3.96. The molecular weight excluding hydrogens is 249 g/mol. The summed E-state index contributed by atoms with van der Waals surface area (Å²) < 4.78 is 13.1. The Labute approximate surface area is 109 Å². The topological polar surface area (TPSA) is 79.5 Å². The lowest BCUT2D eigenvalue weighted by atomic mass is 10.1. The Morgan fingerprint density at radius 1 is 1.42 bits per heavy atom. The van der Waals surface area contributed by atoms with Crippen LogP contribution < -0.4 is 10.6 Å². The van der Waals surface area contributed by atoms with E-state index >= 15 is 0 Å². The maximum atomic E-state index is 13.1. The molecule has 0 bridgehead atoms. The highest BCUT2D eigenvalue weighted by Crippen LogP contribution is 2.25. The molecule has 0 aliphatic carbocycles. The van der Waals surface area contributed by atoms with Crippen LogP contribution in [0.5, 0.6) is 5.75 Å². The number of pyridine rings is 1. The number of hydrogen-bond donors (Lipinski definition) is 2. The lowest BCUT2D eigenvalue weighted by Crippen LogP contribution is -2.27. The van der Waals surface area contributed by atoms with E-state index in [1.165, 1.54) is 24.3 Å². The molecule has 2 rings (SSSR count). The predicted octanol–water partition coefficient (Wildman–Crippen LogP) is 1.79. The van der Waals surface area contributed by atoms with Crippen molar-refractivity contribution in [2.75, 3.05) is 17.7 Å². The second-order valence-corrected chi connectivity index (χ2v) is 3.96. The van der Waals surface area contributed by atoms with Gasteiger partial charge in [-0.2, -0.15) is 0 Å². The number of amides is 1. The molecule has 1 amide bonds. The third-order valence-electron chi connectivity index (χ3n) is 2.68. The van der Waals surface area contributed by atoms with E-state index in [0.29, 0.717) is 11.4 Å². The molecule has 0 fully saturated rings. The van der Waals surface area contributed by atoms with Crippen molar-refractivity contribution in [1.29, 1.82) is 0 Å². The SMILES string of the molecule is CN(C(=O)c1cc(F)ccc1O)c1ccncc1N. The Hall–Kier alpha value is -2.63. The van der Waals surface area contributed by atoms with Gasteiger partial charge in [0.2, 0.25) is 0 Å². The molecule has 2 aromatic rings. The maximum Gasteiger partial charge on any atom is 0.261 e. The third kappa shape index (κ3) is 2.47. The fourth-order valence-electron chi connectivity index (χ4n) is 1.67. The first-order valence-electron chi connectivity index (χ1n) is 5.46. The summed E-state index contributed by atoms with van der Waals surface area (Å²) in [5.41, 5.74) is 6.33. The molecule has 1 aromatic heterocycles. The van der Waals surface area contributed by atoms with E-state index < -0.39 is 11.7 Å². The average molecular weight is 261 g/mol. The number of halogens is 1. The Balaban J connectivity index is 2.39. The Morgan fingerprint density at radius 3 is 2.84 bits per heavy atom. The van der Waals surface area contributed by atoms with E-state index in [1.807, 2.05) is 0 Å². The van der Waals surface area contributed by atoms with Gasteiger partial charge in [0.15, 0.2) is 0 Å². The van der Waals surface area contributed by atoms with Crippen molar-refractivity contribution in [3.63, 3.8) is 0 Å². The number of aromatic hydroxyl groups is 1. The Kier molecular flexibility index (Phi) is 3.33. The number of benzene rings is 1. The first-order chi connectivity index (χ1) is 9.00. The molecule has 3 N–H and O–H groups in total. The van der Waals surface area contributed by atoms with Gasteiger partial charge in [-0.25, -0.2) is 4.39 Å². The molecule has 19 heavy (non-hydrogen) atoms. The van der Waals surface area contributed by atoms with Crippen molar-refractivity contribution in [3.8, 4) is 5.75 Å². The second kappa shape index (κ2) is 4.93. The van der Waals surface area contributed by atoms with Gasteiger partial charge < -0.3 is 15.7 Å². The van der Waals surface area contributed by atoms with Crippen LogP contribution in [0.2, 0.25) is 0 Å². The van der Waals surface area contributed by atoms with Crippen molar-refractivity contribution in [2.45, 2.75) is 0 Å². The normalized spacial score (nSPS) is 10.2. The highest BCUT2D eigenvalue weighted by atomic mass is 19.1. The highest BCUT2D eigenvalue weighted by Gasteiger charge is 2.19. The van der Waals surface area contributed by atoms with Crippen LogP contribution in [0.4, 0.5) is 15.8 Å². The monoisotopic (exact) mass is 261 g/mol. The summed E-state index contributed by atoms with van der Waals surface area (Å²) in [5.74, 6) is -1.45. The Bertz CT molecular complexity index is 631. The van der Waals surface area contributed by atoms with Crippen LogP contribution in [0.25, 0.3) is 0 Å². The zero-order valence-electron chi connectivity index (χ0n) is 10.2. The molecular formula is C13H12FN3O2. The molecule has 1 aromatic carbocycles. The summed E-state index contributed by atoms with van der Waals surface area (Å²) in [6, 6.07) is 4.74. The van der Waals surface area contributed by atoms with E-state index in [4.69, 9.17) is 5.73 Å². The van der Waals surface area contributed by atoms with Gasteiger partial charge in [-0.3, -0.25) is 9.78 Å². The largest absolute Gasteiger partial charge is 0.507 e. The van der Waals surface area contributed by atoms with Crippen molar-refractivity contribution >= 4 is 17.3 Å². The molecule has 0 radical (unpaired) electrons. The van der Waals surface area contributed by atoms with E-state index in [-0.39, 0.29) is 11.3 Å². The average Bonchev–Trinajstić information content (AvgIpc) is 2.40. The number of nitrogens with zero attached hydrogens (tertiary/aromatic N) is 2. The lowest BCUT2D eigenvalue weighted by molar-refractivity contribution is 0.0990. The number of nitrogen functional groups attached to an aromatic ring is 1. The number of hydrogen-bond acceptors (Lipinski definition) is 4. The van der Waals surface area contributed by atoms with E-state index in [0.717, 1.165) is 18.2 Å². The minimum atomic E-state index is -0.600. The summed E-state index contributed by atoms with van der Waals surface area (Å²) >= 11 is 0. The van der Waals surface area contributed by atoms with Crippen LogP contribution in [-0.2, 0) is 0 Å². The first-order valence-corrected chi connectivity index (χ1v) is 5.46. The minimum absolute atomic E-state index is 0.126. The molecule has 0 aliphatic heterocycles. The van der Waals surface area contributed by atoms with Crippen molar-refractivity contribution in [1.82, 2.24) is 4.98 Å². The van der Waals surface area contributed by atoms with Gasteiger partial charge >= 0.3 is 0 Å². The van der Waals surface area contributed by atoms with Crippen molar-refractivity contribution < 1.29 is 14.3 Å². The third-order valence-corrected chi connectivity index (χ3v) is 2.68. The van der Waals surface area contributed by atoms with Crippen molar-refractivity contribution in [3.05, 3.63) is 48.0 Å². The van der Waals surface area contributed by atoms with Crippen LogP contribution in [0.3, 0.4) is 0 Å². The summed E-state index contributed by atoms with van der Waals surface area (Å²) in [4.78, 5) is 17.2. The van der Waals surface area contributed by atoms with E-state index in [9.17, 15) is 14.3 Å². The van der Waals surface area contributed by atoms with Crippen LogP contribution in [0.1, 0.15) is 10.4 Å². The number of phenols is 1. The van der Waals surface area contributed by atoms with Crippen LogP contribution in [0, 0.1) is 5.82 Å². The van der Waals surface area contributed by atoms with Gasteiger partial charge in [-0.1, -0.05) is 0 Å². The molecule has 0 atom stereocenters. The molecule has 5 nitrogen and oxygen atoms in total. The highest BCUT2D eigenvalue weighted by molar-refractivity contribution is 6.08. The Morgan fingerprint density at radius 2 is 2.16 bits per heavy atom. The predicted molar refractivity (Wildman–Crippen MR) is 69.4 cm³/mol. The van der Waals surface area contributed by atoms with Gasteiger partial charge in [-0.05, 0) is 24.3 Å². The minimum Gasteiger partial charge on any atom is -0.507 e. The van der Waals surface area contributed by atoms with Gasteiger partial charge in [-0.15, -0.1) is 0 Å². The van der Waals surface area contributed by atoms with Crippen molar-refractivity contribution in [2.24, 2.45) is 0 Å². The fraction of sp³-hybridized carbons (Fsp3) is 0.0769. The van der Waals surface area contributed by atoms with Gasteiger partial charge in [0, 0.05) is 13.2 Å². The molecule has 0 aliphatic rings. The fourth-order valence-corrected chi connectivity index (χ4v) is 1.67. The standard InChI is InChI=1S/C13H12FN3O2/c1-17(11-4-5-16-7-10(11)15)13(19)9-6-8(14)2-3-12(9)18/h2-7,18H,15H2,1H3. The van der Waals surface area contributed by atoms with Crippen LogP contribution >= 0.6 is 0 Å². The smallest absolute Gasteiger partial charge is 0.261 e. The van der Waals surface area contributed by atoms with Crippen LogP contribution in [0.15, 0.2) is 36.7 Å². The molecule has 0 spiro atoms. The number of phenolic OH excluding ortho intramolecular Hbond substituents is 1. The summed E-state index contributed by atoms with van der Waals surface area (Å²) in [7, 11) is 1.48. The summed E-state index contributed by atoms with van der Waals surface area (Å²) in [6.45, 7) is 0. The maximum absolute atomic E-state index is 13.1. The van der Waals surface area contributed by atoms with Crippen LogP contribution in [-0.4, -0.2) is 23.0 Å². The molecule has 98 valence electrons. The van der Waals surface area contributed by atoms with E-state index in [1.54, 1.807) is 6.07 Å². The zero-order valence-corrected chi connectivity index (χ0v) is 10.2. The first kappa shape index (κ1) is 12.8. The van der Waals surface area contributed by atoms with E-state index in [2.05, 4.69) is 4.98 Å². The molecule has 6 heteroatoms. The number of anilines is 2. The van der Waals surface area contributed by atoms with Gasteiger partial charge in [0.25, 0.3) is 5.91 Å². The van der Waals surface area contributed by atoms with Gasteiger partial charge in [0.1, 0.15) is 11.6 Å². The number of carbonyl (C=O) groups excluding carboxylic acids is 1. The quantitative estimate of drug-likeness (QED) is 0.863.